The fraction of sp³-hybridized carbons (Fsp3) is 0.214. The highest BCUT2D eigenvalue weighted by Gasteiger charge is 2.44. The third-order valence-corrected chi connectivity index (χ3v) is 6.68. The van der Waals surface area contributed by atoms with Gasteiger partial charge in [-0.15, -0.1) is 0 Å². The van der Waals surface area contributed by atoms with Crippen LogP contribution in [0.15, 0.2) is 66.4 Å². The van der Waals surface area contributed by atoms with E-state index in [2.05, 4.69) is 12.1 Å². The van der Waals surface area contributed by atoms with Gasteiger partial charge in [0.1, 0.15) is 5.70 Å². The fourth-order valence-electron chi connectivity index (χ4n) is 4.87. The zero-order chi connectivity index (χ0) is 22.6. The molecule has 3 aromatic carbocycles. The first-order valence-corrected chi connectivity index (χ1v) is 11.0. The Bertz CT molecular complexity index is 1320. The molecule has 0 fully saturated rings. The molecule has 2 amide bonds. The number of para-hydroxylation sites is 1. The second-order valence-electron chi connectivity index (χ2n) is 8.74. The maximum absolute atomic E-state index is 13.9. The van der Waals surface area contributed by atoms with Gasteiger partial charge in [-0.2, -0.15) is 0 Å². The minimum atomic E-state index is -0.255. The Morgan fingerprint density at radius 1 is 0.750 bits per heavy atom. The summed E-state index contributed by atoms with van der Waals surface area (Å²) >= 11 is 0. The van der Waals surface area contributed by atoms with Crippen molar-refractivity contribution >= 4 is 28.8 Å². The molecule has 0 bridgehead atoms. The summed E-state index contributed by atoms with van der Waals surface area (Å²) in [6.07, 6.45) is 0.852. The van der Waals surface area contributed by atoms with Gasteiger partial charge in [0.05, 0.1) is 11.3 Å². The van der Waals surface area contributed by atoms with E-state index in [1.807, 2.05) is 81.1 Å². The Morgan fingerprint density at radius 2 is 1.50 bits per heavy atom. The number of carbonyl (C=O) groups is 2. The van der Waals surface area contributed by atoms with Crippen LogP contribution in [-0.4, -0.2) is 18.4 Å². The molecule has 4 nitrogen and oxygen atoms in total. The summed E-state index contributed by atoms with van der Waals surface area (Å²) in [4.78, 5) is 31.3. The first kappa shape index (κ1) is 20.3. The molecule has 0 atom stereocenters. The molecular formula is C28H26N2O2. The highest BCUT2D eigenvalue weighted by Crippen LogP contribution is 2.41. The second-order valence-corrected chi connectivity index (χ2v) is 8.74. The average molecular weight is 423 g/mol. The van der Waals surface area contributed by atoms with Crippen molar-refractivity contribution in [2.75, 3.05) is 16.3 Å². The molecule has 5 rings (SSSR count). The molecule has 0 spiro atoms. The van der Waals surface area contributed by atoms with Gasteiger partial charge in [0.15, 0.2) is 0 Å². The number of hydrogen-bond acceptors (Lipinski definition) is 3. The maximum atomic E-state index is 13.9. The quantitative estimate of drug-likeness (QED) is 0.540. The number of aryl methyl sites for hydroxylation is 3. The van der Waals surface area contributed by atoms with E-state index < -0.39 is 0 Å². The Balaban J connectivity index is 1.74. The van der Waals surface area contributed by atoms with E-state index in [1.54, 1.807) is 0 Å². The Hall–Kier alpha value is -3.66. The van der Waals surface area contributed by atoms with Gasteiger partial charge in [-0.05, 0) is 74.1 Å². The summed E-state index contributed by atoms with van der Waals surface area (Å²) in [5, 5.41) is 0. The van der Waals surface area contributed by atoms with Crippen molar-refractivity contribution in [2.45, 2.75) is 34.1 Å². The number of carbonyl (C=O) groups excluding carboxylic acids is 2. The molecule has 32 heavy (non-hydrogen) atoms. The molecule has 0 unspecified atom stereocenters. The maximum Gasteiger partial charge on any atom is 0.282 e. The zero-order valence-corrected chi connectivity index (χ0v) is 18.9. The molecule has 160 valence electrons. The number of hydrogen-bond donors (Lipinski definition) is 0. The van der Waals surface area contributed by atoms with Gasteiger partial charge in [0.25, 0.3) is 11.8 Å². The SMILES string of the molecule is Cc1ccc(C2=C(N3CCc4ccccc43)C(=O)N(c3cccc(C)c3C)C2=O)c(C)c1. The van der Waals surface area contributed by atoms with Crippen LogP contribution >= 0.6 is 0 Å². The summed E-state index contributed by atoms with van der Waals surface area (Å²) in [5.41, 5.74) is 8.77. The summed E-state index contributed by atoms with van der Waals surface area (Å²) in [6.45, 7) is 8.68. The van der Waals surface area contributed by atoms with E-state index in [-0.39, 0.29) is 11.8 Å². The fourth-order valence-corrected chi connectivity index (χ4v) is 4.87. The average Bonchev–Trinajstić information content (AvgIpc) is 3.29. The lowest BCUT2D eigenvalue weighted by molar-refractivity contribution is -0.120. The third-order valence-electron chi connectivity index (χ3n) is 6.68. The molecule has 2 aliphatic heterocycles. The predicted molar refractivity (Wildman–Crippen MR) is 129 cm³/mol. The molecule has 2 aliphatic rings. The molecule has 0 saturated heterocycles. The van der Waals surface area contributed by atoms with Gasteiger partial charge < -0.3 is 4.90 Å². The predicted octanol–water partition coefficient (Wildman–Crippen LogP) is 5.27. The lowest BCUT2D eigenvalue weighted by atomic mass is 9.97. The van der Waals surface area contributed by atoms with Crippen molar-refractivity contribution in [3.8, 4) is 0 Å². The number of imide groups is 1. The molecule has 3 aromatic rings. The summed E-state index contributed by atoms with van der Waals surface area (Å²) in [7, 11) is 0. The van der Waals surface area contributed by atoms with E-state index in [0.29, 0.717) is 23.5 Å². The van der Waals surface area contributed by atoms with Gasteiger partial charge in [-0.25, -0.2) is 4.90 Å². The van der Waals surface area contributed by atoms with Crippen LogP contribution in [0.4, 0.5) is 11.4 Å². The van der Waals surface area contributed by atoms with Gasteiger partial charge in [-0.3, -0.25) is 9.59 Å². The highest BCUT2D eigenvalue weighted by molar-refractivity contribution is 6.46. The van der Waals surface area contributed by atoms with Crippen LogP contribution in [0.25, 0.3) is 5.57 Å². The molecule has 2 heterocycles. The van der Waals surface area contributed by atoms with Crippen LogP contribution in [-0.2, 0) is 16.0 Å². The van der Waals surface area contributed by atoms with E-state index in [4.69, 9.17) is 0 Å². The topological polar surface area (TPSA) is 40.6 Å². The number of anilines is 2. The smallest absolute Gasteiger partial charge is 0.282 e. The van der Waals surface area contributed by atoms with Crippen molar-refractivity contribution in [1.82, 2.24) is 0 Å². The molecule has 0 aliphatic carbocycles. The number of nitrogens with zero attached hydrogens (tertiary/aromatic N) is 2. The number of fused-ring (bicyclic) bond motifs is 1. The van der Waals surface area contributed by atoms with E-state index >= 15 is 0 Å². The van der Waals surface area contributed by atoms with E-state index in [9.17, 15) is 9.59 Å². The van der Waals surface area contributed by atoms with Gasteiger partial charge in [-0.1, -0.05) is 54.1 Å². The van der Waals surface area contributed by atoms with Crippen LogP contribution in [0.1, 0.15) is 33.4 Å². The minimum Gasteiger partial charge on any atom is -0.336 e. The lowest BCUT2D eigenvalue weighted by Crippen LogP contribution is -2.35. The van der Waals surface area contributed by atoms with Crippen LogP contribution < -0.4 is 9.80 Å². The Morgan fingerprint density at radius 3 is 2.28 bits per heavy atom. The number of benzene rings is 3. The zero-order valence-electron chi connectivity index (χ0n) is 18.9. The summed E-state index contributed by atoms with van der Waals surface area (Å²) in [6, 6.07) is 19.9. The van der Waals surface area contributed by atoms with Crippen LogP contribution in [0.5, 0.6) is 0 Å². The molecular weight excluding hydrogens is 396 g/mol. The van der Waals surface area contributed by atoms with Crippen molar-refractivity contribution in [3.05, 3.63) is 99.7 Å². The molecule has 4 heteroatoms. The molecule has 0 radical (unpaired) electrons. The monoisotopic (exact) mass is 422 g/mol. The second kappa shape index (κ2) is 7.49. The number of amides is 2. The number of rotatable bonds is 3. The Kier molecular flexibility index (Phi) is 4.74. The first-order valence-electron chi connectivity index (χ1n) is 11.0. The van der Waals surface area contributed by atoms with Crippen molar-refractivity contribution in [1.29, 1.82) is 0 Å². The first-order chi connectivity index (χ1) is 15.4. The van der Waals surface area contributed by atoms with Crippen LogP contribution in [0, 0.1) is 27.7 Å². The van der Waals surface area contributed by atoms with E-state index in [0.717, 1.165) is 39.9 Å². The summed E-state index contributed by atoms with van der Waals surface area (Å²) < 4.78 is 0. The largest absolute Gasteiger partial charge is 0.336 e. The van der Waals surface area contributed by atoms with E-state index in [1.165, 1.54) is 10.5 Å². The van der Waals surface area contributed by atoms with Crippen molar-refractivity contribution in [3.63, 3.8) is 0 Å². The van der Waals surface area contributed by atoms with Crippen LogP contribution in [0.3, 0.4) is 0 Å². The molecule has 0 N–H and O–H groups in total. The van der Waals surface area contributed by atoms with Crippen LogP contribution in [0.2, 0.25) is 0 Å². The minimum absolute atomic E-state index is 0.254. The normalized spacial score (nSPS) is 15.8. The highest BCUT2D eigenvalue weighted by atomic mass is 16.2. The molecule has 0 saturated carbocycles. The summed E-state index contributed by atoms with van der Waals surface area (Å²) in [5.74, 6) is -0.509. The van der Waals surface area contributed by atoms with Gasteiger partial charge in [0.2, 0.25) is 0 Å². The van der Waals surface area contributed by atoms with Crippen molar-refractivity contribution < 1.29 is 9.59 Å². The van der Waals surface area contributed by atoms with Crippen molar-refractivity contribution in [2.24, 2.45) is 0 Å². The standard InChI is InChI=1S/C28H26N2O2/c1-17-12-13-22(19(3)16-17)25-26(29-15-14-21-9-5-6-10-24(21)29)28(32)30(27(25)31)23-11-7-8-18(2)20(23)4/h5-13,16H,14-15H2,1-4H3. The molecule has 0 aromatic heterocycles. The third kappa shape index (κ3) is 2.98. The Labute approximate surface area is 188 Å². The van der Waals surface area contributed by atoms with Gasteiger partial charge in [0, 0.05) is 12.2 Å². The lowest BCUT2D eigenvalue weighted by Gasteiger charge is -2.23. The van der Waals surface area contributed by atoms with Gasteiger partial charge >= 0.3 is 0 Å².